The van der Waals surface area contributed by atoms with Crippen LogP contribution in [0.25, 0.3) is 0 Å². The lowest BCUT2D eigenvalue weighted by atomic mass is 9.95. The van der Waals surface area contributed by atoms with Gasteiger partial charge in [0.05, 0.1) is 6.61 Å². The lowest BCUT2D eigenvalue weighted by molar-refractivity contribution is 0.0947. The summed E-state index contributed by atoms with van der Waals surface area (Å²) < 4.78 is 5.77. The summed E-state index contributed by atoms with van der Waals surface area (Å²) in [6.45, 7) is 7.04. The van der Waals surface area contributed by atoms with Crippen LogP contribution < -0.4 is 10.5 Å². The molecule has 1 saturated heterocycles. The van der Waals surface area contributed by atoms with Gasteiger partial charge in [0, 0.05) is 18.6 Å². The highest BCUT2D eigenvalue weighted by molar-refractivity contribution is 5.31. The Hall–Kier alpha value is -1.06. The average Bonchev–Trinajstić information content (AvgIpc) is 2.54. The van der Waals surface area contributed by atoms with Crippen LogP contribution in [0.15, 0.2) is 24.3 Å². The summed E-state index contributed by atoms with van der Waals surface area (Å²) in [7, 11) is 0. The molecule has 2 unspecified atom stereocenters. The van der Waals surface area contributed by atoms with Crippen LogP contribution in [0.5, 0.6) is 5.75 Å². The van der Waals surface area contributed by atoms with Crippen LogP contribution in [0.4, 0.5) is 0 Å². The van der Waals surface area contributed by atoms with Gasteiger partial charge in [-0.3, -0.25) is 4.90 Å². The van der Waals surface area contributed by atoms with E-state index in [1.165, 1.54) is 37.8 Å². The van der Waals surface area contributed by atoms with Crippen molar-refractivity contribution in [2.75, 3.05) is 19.7 Å². The highest BCUT2D eigenvalue weighted by atomic mass is 16.5. The lowest BCUT2D eigenvalue weighted by Gasteiger charge is -2.41. The minimum absolute atomic E-state index is 0.320. The summed E-state index contributed by atoms with van der Waals surface area (Å²) in [5, 5.41) is 0. The van der Waals surface area contributed by atoms with Gasteiger partial charge in [0.2, 0.25) is 0 Å². The molecular formula is C18H30N2O. The number of nitrogens with two attached hydrogens (primary N) is 1. The molecule has 2 atom stereocenters. The fourth-order valence-corrected chi connectivity index (χ4v) is 3.37. The average molecular weight is 290 g/mol. The van der Waals surface area contributed by atoms with Gasteiger partial charge in [-0.15, -0.1) is 0 Å². The molecule has 0 radical (unpaired) electrons. The van der Waals surface area contributed by atoms with Crippen LogP contribution in [-0.2, 0) is 0 Å². The van der Waals surface area contributed by atoms with Gasteiger partial charge >= 0.3 is 0 Å². The smallest absolute Gasteiger partial charge is 0.119 e. The molecule has 1 aromatic carbocycles. The normalized spacial score (nSPS) is 21.2. The maximum Gasteiger partial charge on any atom is 0.119 e. The van der Waals surface area contributed by atoms with Gasteiger partial charge in [0.25, 0.3) is 0 Å². The zero-order chi connectivity index (χ0) is 15.1. The SMILES string of the molecule is CCCOc1cccc(C(CN)N2CCCCC2CC)c1. The van der Waals surface area contributed by atoms with Crippen molar-refractivity contribution < 1.29 is 4.74 Å². The van der Waals surface area contributed by atoms with Crippen LogP contribution in [0.3, 0.4) is 0 Å². The maximum atomic E-state index is 6.12. The molecule has 3 nitrogen and oxygen atoms in total. The van der Waals surface area contributed by atoms with E-state index in [4.69, 9.17) is 10.5 Å². The Kier molecular flexibility index (Phi) is 6.52. The lowest BCUT2D eigenvalue weighted by Crippen LogP contribution is -2.44. The number of rotatable bonds is 7. The molecule has 0 spiro atoms. The minimum atomic E-state index is 0.320. The molecular weight excluding hydrogens is 260 g/mol. The maximum absolute atomic E-state index is 6.12. The quantitative estimate of drug-likeness (QED) is 0.831. The van der Waals surface area contributed by atoms with E-state index in [-0.39, 0.29) is 0 Å². The summed E-state index contributed by atoms with van der Waals surface area (Å²) >= 11 is 0. The number of ether oxygens (including phenoxy) is 1. The molecule has 1 aliphatic heterocycles. The number of hydrogen-bond donors (Lipinski definition) is 1. The van der Waals surface area contributed by atoms with Crippen molar-refractivity contribution in [3.8, 4) is 5.75 Å². The summed E-state index contributed by atoms with van der Waals surface area (Å²) in [6.07, 6.45) is 6.20. The summed E-state index contributed by atoms with van der Waals surface area (Å²) in [4.78, 5) is 2.61. The second-order valence-corrected chi connectivity index (χ2v) is 5.97. The first-order chi connectivity index (χ1) is 10.3. The summed E-state index contributed by atoms with van der Waals surface area (Å²) in [5.41, 5.74) is 7.42. The van der Waals surface area contributed by atoms with E-state index in [1.807, 2.05) is 6.07 Å². The molecule has 0 aromatic heterocycles. The predicted molar refractivity (Wildman–Crippen MR) is 88.7 cm³/mol. The third-order valence-electron chi connectivity index (χ3n) is 4.48. The number of nitrogens with zero attached hydrogens (tertiary/aromatic N) is 1. The molecule has 1 aromatic rings. The van der Waals surface area contributed by atoms with Crippen molar-refractivity contribution in [3.63, 3.8) is 0 Å². The van der Waals surface area contributed by atoms with Crippen LogP contribution in [0.2, 0.25) is 0 Å². The van der Waals surface area contributed by atoms with Gasteiger partial charge < -0.3 is 10.5 Å². The molecule has 118 valence electrons. The van der Waals surface area contributed by atoms with Crippen molar-refractivity contribution in [3.05, 3.63) is 29.8 Å². The van der Waals surface area contributed by atoms with E-state index in [2.05, 4.69) is 36.9 Å². The van der Waals surface area contributed by atoms with Crippen molar-refractivity contribution in [2.45, 2.75) is 58.0 Å². The summed E-state index contributed by atoms with van der Waals surface area (Å²) in [6, 6.07) is 9.49. The molecule has 1 fully saturated rings. The molecule has 2 rings (SSSR count). The third kappa shape index (κ3) is 4.21. The van der Waals surface area contributed by atoms with Gasteiger partial charge in [0.1, 0.15) is 5.75 Å². The molecule has 0 saturated carbocycles. The first kappa shape index (κ1) is 16.3. The largest absolute Gasteiger partial charge is 0.494 e. The molecule has 21 heavy (non-hydrogen) atoms. The van der Waals surface area contributed by atoms with E-state index in [9.17, 15) is 0 Å². The minimum Gasteiger partial charge on any atom is -0.494 e. The summed E-state index contributed by atoms with van der Waals surface area (Å²) in [5.74, 6) is 0.970. The second-order valence-electron chi connectivity index (χ2n) is 5.97. The molecule has 2 N–H and O–H groups in total. The van der Waals surface area contributed by atoms with E-state index < -0.39 is 0 Å². The Morgan fingerprint density at radius 1 is 1.33 bits per heavy atom. The fourth-order valence-electron chi connectivity index (χ4n) is 3.37. The Bertz CT molecular complexity index is 421. The molecule has 0 bridgehead atoms. The van der Waals surface area contributed by atoms with Gasteiger partial charge in [-0.1, -0.05) is 32.4 Å². The Labute approximate surface area is 129 Å². The van der Waals surface area contributed by atoms with Gasteiger partial charge in [0.15, 0.2) is 0 Å². The number of benzene rings is 1. The topological polar surface area (TPSA) is 38.5 Å². The number of likely N-dealkylation sites (tertiary alicyclic amines) is 1. The highest BCUT2D eigenvalue weighted by Gasteiger charge is 2.28. The van der Waals surface area contributed by atoms with Gasteiger partial charge in [-0.2, -0.15) is 0 Å². The molecule has 0 amide bonds. The fraction of sp³-hybridized carbons (Fsp3) is 0.667. The van der Waals surface area contributed by atoms with Crippen molar-refractivity contribution in [2.24, 2.45) is 5.73 Å². The predicted octanol–water partition coefficient (Wildman–Crippen LogP) is 3.74. The zero-order valence-corrected chi connectivity index (χ0v) is 13.6. The Morgan fingerprint density at radius 2 is 2.19 bits per heavy atom. The second kappa shape index (κ2) is 8.40. The first-order valence-corrected chi connectivity index (χ1v) is 8.48. The van der Waals surface area contributed by atoms with E-state index in [1.54, 1.807) is 0 Å². The van der Waals surface area contributed by atoms with Crippen molar-refractivity contribution in [1.82, 2.24) is 4.90 Å². The monoisotopic (exact) mass is 290 g/mol. The van der Waals surface area contributed by atoms with E-state index >= 15 is 0 Å². The van der Waals surface area contributed by atoms with Crippen LogP contribution in [-0.4, -0.2) is 30.6 Å². The Balaban J connectivity index is 2.15. The molecule has 3 heteroatoms. The van der Waals surface area contributed by atoms with E-state index in [0.717, 1.165) is 18.8 Å². The third-order valence-corrected chi connectivity index (χ3v) is 4.48. The molecule has 1 heterocycles. The standard InChI is InChI=1S/C18H30N2O/c1-3-12-21-17-10-7-8-15(13-17)18(14-19)20-11-6-5-9-16(20)4-2/h7-8,10,13,16,18H,3-6,9,11-12,14,19H2,1-2H3. The zero-order valence-electron chi connectivity index (χ0n) is 13.6. The van der Waals surface area contributed by atoms with Crippen LogP contribution in [0.1, 0.15) is 57.6 Å². The van der Waals surface area contributed by atoms with E-state index in [0.29, 0.717) is 18.6 Å². The van der Waals surface area contributed by atoms with Crippen molar-refractivity contribution >= 4 is 0 Å². The number of piperidine rings is 1. The molecule has 0 aliphatic carbocycles. The van der Waals surface area contributed by atoms with Crippen LogP contribution >= 0.6 is 0 Å². The van der Waals surface area contributed by atoms with Gasteiger partial charge in [-0.05, 0) is 49.9 Å². The Morgan fingerprint density at radius 3 is 2.90 bits per heavy atom. The first-order valence-electron chi connectivity index (χ1n) is 8.48. The van der Waals surface area contributed by atoms with Gasteiger partial charge in [-0.25, -0.2) is 0 Å². The van der Waals surface area contributed by atoms with Crippen LogP contribution in [0, 0.1) is 0 Å². The highest BCUT2D eigenvalue weighted by Crippen LogP contribution is 2.30. The molecule has 1 aliphatic rings. The van der Waals surface area contributed by atoms with Crippen molar-refractivity contribution in [1.29, 1.82) is 0 Å². The number of hydrogen-bond acceptors (Lipinski definition) is 3.